The predicted molar refractivity (Wildman–Crippen MR) is 132 cm³/mol. The third-order valence-corrected chi connectivity index (χ3v) is 6.12. The summed E-state index contributed by atoms with van der Waals surface area (Å²) in [6.45, 7) is 7.19. The lowest BCUT2D eigenvalue weighted by atomic mass is 10.1. The van der Waals surface area contributed by atoms with Crippen LogP contribution in [0.2, 0.25) is 0 Å². The molecule has 0 fully saturated rings. The Kier molecular flexibility index (Phi) is 5.59. The van der Waals surface area contributed by atoms with Crippen molar-refractivity contribution in [1.29, 1.82) is 0 Å². The third kappa shape index (κ3) is 3.92. The molecule has 2 aromatic carbocycles. The molecule has 0 saturated heterocycles. The first-order valence-electron chi connectivity index (χ1n) is 11.2. The topological polar surface area (TPSA) is 73.8 Å². The van der Waals surface area contributed by atoms with Crippen LogP contribution in [0.15, 0.2) is 71.8 Å². The lowest BCUT2D eigenvalue weighted by Gasteiger charge is -2.17. The second-order valence-electron chi connectivity index (χ2n) is 8.67. The van der Waals surface area contributed by atoms with E-state index in [4.69, 9.17) is 5.10 Å². The van der Waals surface area contributed by atoms with Crippen molar-refractivity contribution in [1.82, 2.24) is 34.2 Å². The molecule has 5 rings (SSSR count). The average Bonchev–Trinajstić information content (AvgIpc) is 3.39. The fourth-order valence-corrected chi connectivity index (χ4v) is 4.26. The summed E-state index contributed by atoms with van der Waals surface area (Å²) in [6.07, 6.45) is 3.53. The van der Waals surface area contributed by atoms with E-state index in [-0.39, 0.29) is 5.56 Å². The van der Waals surface area contributed by atoms with Gasteiger partial charge in [0.05, 0.1) is 29.9 Å². The van der Waals surface area contributed by atoms with Crippen molar-refractivity contribution in [2.24, 2.45) is 0 Å². The van der Waals surface area contributed by atoms with Crippen molar-refractivity contribution in [2.45, 2.75) is 34.0 Å². The fraction of sp³-hybridized carbons (Fsp3) is 0.231. The fourth-order valence-electron chi connectivity index (χ4n) is 4.26. The number of nitrogens with zero attached hydrogens (tertiary/aromatic N) is 7. The minimum absolute atomic E-state index is 0.205. The van der Waals surface area contributed by atoms with Crippen molar-refractivity contribution < 1.29 is 0 Å². The smallest absolute Gasteiger partial charge is 0.283 e. The van der Waals surface area contributed by atoms with Crippen LogP contribution in [0, 0.1) is 20.8 Å². The highest BCUT2D eigenvalue weighted by molar-refractivity contribution is 5.76. The van der Waals surface area contributed by atoms with E-state index in [0.717, 1.165) is 33.7 Å². The lowest BCUT2D eigenvalue weighted by Crippen LogP contribution is -2.31. The number of benzene rings is 2. The van der Waals surface area contributed by atoms with Crippen LogP contribution < -0.4 is 5.56 Å². The first kappa shape index (κ1) is 21.8. The molecule has 3 aromatic heterocycles. The van der Waals surface area contributed by atoms with E-state index in [1.165, 1.54) is 10.2 Å². The summed E-state index contributed by atoms with van der Waals surface area (Å²) in [4.78, 5) is 15.2. The Morgan fingerprint density at radius 1 is 0.941 bits per heavy atom. The molecule has 0 aliphatic rings. The van der Waals surface area contributed by atoms with Gasteiger partial charge in [0.15, 0.2) is 5.52 Å². The van der Waals surface area contributed by atoms with Crippen molar-refractivity contribution in [3.8, 4) is 11.4 Å². The van der Waals surface area contributed by atoms with Gasteiger partial charge in [0.25, 0.3) is 5.56 Å². The number of hydrogen-bond acceptors (Lipinski definition) is 5. The van der Waals surface area contributed by atoms with Gasteiger partial charge in [-0.05, 0) is 51.6 Å². The molecule has 0 unspecified atom stereocenters. The normalized spacial score (nSPS) is 11.6. The largest absolute Gasteiger partial charge is 0.296 e. The van der Waals surface area contributed by atoms with Crippen LogP contribution in [0.25, 0.3) is 22.3 Å². The molecule has 8 nitrogen and oxygen atoms in total. The Hall–Kier alpha value is -4.04. The predicted octanol–water partition coefficient (Wildman–Crippen LogP) is 3.78. The van der Waals surface area contributed by atoms with Crippen LogP contribution in [-0.4, -0.2) is 41.3 Å². The van der Waals surface area contributed by atoms with Crippen molar-refractivity contribution >= 4 is 10.9 Å². The molecule has 0 saturated carbocycles. The average molecular weight is 454 g/mol. The molecule has 0 atom stereocenters. The van der Waals surface area contributed by atoms with Gasteiger partial charge in [-0.3, -0.25) is 9.69 Å². The zero-order valence-electron chi connectivity index (χ0n) is 19.8. The Balaban J connectivity index is 1.39. The first-order valence-corrected chi connectivity index (χ1v) is 11.2. The monoisotopic (exact) mass is 453 g/mol. The highest BCUT2D eigenvalue weighted by atomic mass is 16.1. The molecule has 0 amide bonds. The van der Waals surface area contributed by atoms with Crippen molar-refractivity contribution in [3.63, 3.8) is 0 Å². The van der Waals surface area contributed by atoms with Crippen LogP contribution in [0.3, 0.4) is 0 Å². The Bertz CT molecular complexity index is 1530. The van der Waals surface area contributed by atoms with Gasteiger partial charge in [0.1, 0.15) is 0 Å². The van der Waals surface area contributed by atoms with E-state index in [2.05, 4.69) is 41.1 Å². The highest BCUT2D eigenvalue weighted by Gasteiger charge is 2.17. The molecule has 0 radical (unpaired) electrons. The molecule has 172 valence electrons. The molecule has 0 N–H and O–H groups in total. The molecule has 3 heterocycles. The van der Waals surface area contributed by atoms with E-state index in [9.17, 15) is 4.79 Å². The van der Waals surface area contributed by atoms with Gasteiger partial charge in [0, 0.05) is 29.4 Å². The zero-order chi connectivity index (χ0) is 23.8. The molecule has 5 aromatic rings. The van der Waals surface area contributed by atoms with E-state index in [1.54, 1.807) is 10.9 Å². The molecule has 8 heteroatoms. The number of aryl methyl sites for hydroxylation is 2. The van der Waals surface area contributed by atoms with Crippen LogP contribution in [0.1, 0.15) is 22.5 Å². The molecule has 0 aliphatic carbocycles. The summed E-state index contributed by atoms with van der Waals surface area (Å²) in [5.74, 6) is 0. The standard InChI is InChI=1S/C26H27N7O/c1-18-10-8-9-13-24(18)33-20(3)23(19(2)28-33)16-30(4)17-32-26(34)25-21(14-27-32)15-31(29-25)22-11-6-5-7-12-22/h5-15H,16-17H2,1-4H3. The van der Waals surface area contributed by atoms with Gasteiger partial charge in [-0.2, -0.15) is 15.3 Å². The Morgan fingerprint density at radius 3 is 2.44 bits per heavy atom. The van der Waals surface area contributed by atoms with Crippen LogP contribution in [-0.2, 0) is 13.2 Å². The second kappa shape index (κ2) is 8.72. The SMILES string of the molecule is Cc1ccccc1-n1nc(C)c(CN(C)Cn2ncc3cn(-c4ccccc4)nc3c2=O)c1C. The second-order valence-corrected chi connectivity index (χ2v) is 8.67. The maximum Gasteiger partial charge on any atom is 0.296 e. The molecule has 0 spiro atoms. The number of aromatic nitrogens is 6. The summed E-state index contributed by atoms with van der Waals surface area (Å²) < 4.78 is 5.18. The van der Waals surface area contributed by atoms with Gasteiger partial charge < -0.3 is 0 Å². The van der Waals surface area contributed by atoms with Crippen molar-refractivity contribution in [2.75, 3.05) is 7.05 Å². The number of hydrogen-bond donors (Lipinski definition) is 0. The van der Waals surface area contributed by atoms with E-state index in [1.807, 2.05) is 67.3 Å². The van der Waals surface area contributed by atoms with Gasteiger partial charge in [-0.15, -0.1) is 0 Å². The molecule has 0 aliphatic heterocycles. The third-order valence-electron chi connectivity index (χ3n) is 6.12. The maximum atomic E-state index is 13.1. The van der Waals surface area contributed by atoms with E-state index < -0.39 is 0 Å². The first-order chi connectivity index (χ1) is 16.4. The maximum absolute atomic E-state index is 13.1. The minimum Gasteiger partial charge on any atom is -0.283 e. The lowest BCUT2D eigenvalue weighted by molar-refractivity contribution is 0.240. The van der Waals surface area contributed by atoms with Gasteiger partial charge in [-0.25, -0.2) is 14.0 Å². The quantitative estimate of drug-likeness (QED) is 0.391. The van der Waals surface area contributed by atoms with Gasteiger partial charge >= 0.3 is 0 Å². The van der Waals surface area contributed by atoms with E-state index in [0.29, 0.717) is 18.7 Å². The molecular weight excluding hydrogens is 426 g/mol. The minimum atomic E-state index is -0.205. The van der Waals surface area contributed by atoms with Crippen LogP contribution in [0.5, 0.6) is 0 Å². The molecular formula is C26H27N7O. The van der Waals surface area contributed by atoms with Crippen LogP contribution in [0.4, 0.5) is 0 Å². The number of para-hydroxylation sites is 2. The number of rotatable bonds is 6. The summed E-state index contributed by atoms with van der Waals surface area (Å²) in [6, 6.07) is 18.0. The summed E-state index contributed by atoms with van der Waals surface area (Å²) in [5, 5.41) is 14.4. The summed E-state index contributed by atoms with van der Waals surface area (Å²) >= 11 is 0. The summed E-state index contributed by atoms with van der Waals surface area (Å²) in [5.41, 5.74) is 6.57. The highest BCUT2D eigenvalue weighted by Crippen LogP contribution is 2.21. The van der Waals surface area contributed by atoms with Gasteiger partial charge in [0.2, 0.25) is 0 Å². The van der Waals surface area contributed by atoms with Crippen LogP contribution >= 0.6 is 0 Å². The van der Waals surface area contributed by atoms with E-state index >= 15 is 0 Å². The molecule has 0 bridgehead atoms. The number of fused-ring (bicyclic) bond motifs is 1. The summed E-state index contributed by atoms with van der Waals surface area (Å²) in [7, 11) is 1.98. The Morgan fingerprint density at radius 2 is 1.68 bits per heavy atom. The zero-order valence-corrected chi connectivity index (χ0v) is 19.8. The Labute approximate surface area is 197 Å². The van der Waals surface area contributed by atoms with Gasteiger partial charge in [-0.1, -0.05) is 36.4 Å². The molecule has 34 heavy (non-hydrogen) atoms. The van der Waals surface area contributed by atoms with Crippen molar-refractivity contribution in [3.05, 3.63) is 99.9 Å².